The Morgan fingerprint density at radius 3 is 2.60 bits per heavy atom. The first-order valence-corrected chi connectivity index (χ1v) is 8.55. The molecule has 1 fully saturated rings. The van der Waals surface area contributed by atoms with Crippen molar-refractivity contribution in [3.63, 3.8) is 0 Å². The van der Waals surface area contributed by atoms with Crippen molar-refractivity contribution in [2.45, 2.75) is 46.2 Å². The molecule has 0 atom stereocenters. The minimum atomic E-state index is 0.595. The topological polar surface area (TPSA) is 15.3 Å². The number of halogens is 1. The quantitative estimate of drug-likeness (QED) is 0.873. The maximum absolute atomic E-state index is 3.71. The summed E-state index contributed by atoms with van der Waals surface area (Å²) in [5.41, 5.74) is 2.72. The largest absolute Gasteiger partial charge is 0.317 e. The number of hydrogen-bond acceptors (Lipinski definition) is 2. The van der Waals surface area contributed by atoms with Gasteiger partial charge >= 0.3 is 0 Å². The van der Waals surface area contributed by atoms with Crippen LogP contribution in [0.1, 0.15) is 37.8 Å². The fourth-order valence-electron chi connectivity index (χ4n) is 2.85. The molecule has 0 spiro atoms. The van der Waals surface area contributed by atoms with Gasteiger partial charge < -0.3 is 5.32 Å². The number of hydrogen-bond donors (Lipinski definition) is 1. The first-order chi connectivity index (χ1) is 9.56. The summed E-state index contributed by atoms with van der Waals surface area (Å²) in [6.07, 6.45) is 2.64. The Labute approximate surface area is 132 Å². The Bertz CT molecular complexity index is 425. The van der Waals surface area contributed by atoms with Crippen molar-refractivity contribution in [2.24, 2.45) is 5.92 Å². The summed E-state index contributed by atoms with van der Waals surface area (Å²) in [7, 11) is 0. The van der Waals surface area contributed by atoms with Crippen LogP contribution in [0.15, 0.2) is 22.7 Å². The highest BCUT2D eigenvalue weighted by Crippen LogP contribution is 2.23. The second kappa shape index (κ2) is 7.58. The van der Waals surface area contributed by atoms with E-state index in [4.69, 9.17) is 0 Å². The third kappa shape index (κ3) is 4.57. The molecule has 1 aliphatic rings. The number of nitrogens with zero attached hydrogens (tertiary/aromatic N) is 1. The molecule has 112 valence electrons. The fraction of sp³-hybridized carbons (Fsp3) is 0.647. The number of piperidine rings is 1. The molecule has 0 amide bonds. The van der Waals surface area contributed by atoms with Crippen LogP contribution in [-0.4, -0.2) is 30.6 Å². The second-order valence-electron chi connectivity index (χ2n) is 6.31. The van der Waals surface area contributed by atoms with Crippen LogP contribution in [0, 0.1) is 12.8 Å². The van der Waals surface area contributed by atoms with Gasteiger partial charge in [-0.2, -0.15) is 0 Å². The van der Waals surface area contributed by atoms with Crippen LogP contribution < -0.4 is 5.32 Å². The number of benzene rings is 1. The molecule has 0 aromatic heterocycles. The SMILES string of the molecule is Cc1ccc(CN(CC2CCNCC2)C(C)C)c(Br)c1. The van der Waals surface area contributed by atoms with E-state index in [9.17, 15) is 0 Å². The molecule has 1 saturated heterocycles. The van der Waals surface area contributed by atoms with Gasteiger partial charge in [-0.15, -0.1) is 0 Å². The molecule has 1 aromatic rings. The maximum Gasteiger partial charge on any atom is 0.0247 e. The van der Waals surface area contributed by atoms with Gasteiger partial charge in [-0.1, -0.05) is 28.1 Å². The average Bonchev–Trinajstić information content (AvgIpc) is 2.42. The molecule has 20 heavy (non-hydrogen) atoms. The second-order valence-corrected chi connectivity index (χ2v) is 7.17. The normalized spacial score (nSPS) is 17.1. The zero-order valence-corrected chi connectivity index (χ0v) is 14.5. The van der Waals surface area contributed by atoms with Gasteiger partial charge in [0.15, 0.2) is 0 Å². The van der Waals surface area contributed by atoms with Crippen molar-refractivity contribution in [1.29, 1.82) is 0 Å². The minimum absolute atomic E-state index is 0.595. The Morgan fingerprint density at radius 1 is 1.30 bits per heavy atom. The first kappa shape index (κ1) is 16.0. The lowest BCUT2D eigenvalue weighted by molar-refractivity contribution is 0.161. The molecule has 0 radical (unpaired) electrons. The van der Waals surface area contributed by atoms with Crippen LogP contribution in [0.25, 0.3) is 0 Å². The molecule has 2 rings (SSSR count). The number of rotatable bonds is 5. The van der Waals surface area contributed by atoms with Crippen LogP contribution in [0.3, 0.4) is 0 Å². The summed E-state index contributed by atoms with van der Waals surface area (Å²) in [6.45, 7) is 11.4. The van der Waals surface area contributed by atoms with E-state index < -0.39 is 0 Å². The molecule has 1 aliphatic heterocycles. The molecule has 1 N–H and O–H groups in total. The highest BCUT2D eigenvalue weighted by molar-refractivity contribution is 9.10. The highest BCUT2D eigenvalue weighted by atomic mass is 79.9. The van der Waals surface area contributed by atoms with Gasteiger partial charge in [0.2, 0.25) is 0 Å². The van der Waals surface area contributed by atoms with Gasteiger partial charge in [0.05, 0.1) is 0 Å². The third-order valence-corrected chi connectivity index (χ3v) is 5.00. The summed E-state index contributed by atoms with van der Waals surface area (Å²) in [4.78, 5) is 2.62. The van der Waals surface area contributed by atoms with Crippen LogP contribution in [0.4, 0.5) is 0 Å². The van der Waals surface area contributed by atoms with Gasteiger partial charge in [0.25, 0.3) is 0 Å². The lowest BCUT2D eigenvalue weighted by Crippen LogP contribution is -2.39. The molecule has 1 aromatic carbocycles. The van der Waals surface area contributed by atoms with E-state index in [1.807, 2.05) is 0 Å². The van der Waals surface area contributed by atoms with Crippen LogP contribution in [0.2, 0.25) is 0 Å². The number of aryl methyl sites for hydroxylation is 1. The number of nitrogens with one attached hydrogen (secondary N) is 1. The Hall–Kier alpha value is -0.380. The average molecular weight is 339 g/mol. The van der Waals surface area contributed by atoms with E-state index in [1.165, 1.54) is 48.1 Å². The monoisotopic (exact) mass is 338 g/mol. The Morgan fingerprint density at radius 2 is 2.00 bits per heavy atom. The molecule has 0 bridgehead atoms. The third-order valence-electron chi connectivity index (χ3n) is 4.26. The lowest BCUT2D eigenvalue weighted by Gasteiger charge is -2.33. The predicted molar refractivity (Wildman–Crippen MR) is 90.0 cm³/mol. The molecule has 3 heteroatoms. The van der Waals surface area contributed by atoms with E-state index in [0.29, 0.717) is 6.04 Å². The zero-order chi connectivity index (χ0) is 14.5. The summed E-state index contributed by atoms with van der Waals surface area (Å²) in [5.74, 6) is 0.850. The van der Waals surface area contributed by atoms with Gasteiger partial charge in [-0.05, 0) is 69.8 Å². The minimum Gasteiger partial charge on any atom is -0.317 e. The Balaban J connectivity index is 2.01. The van der Waals surface area contributed by atoms with Crippen LogP contribution >= 0.6 is 15.9 Å². The molecule has 2 nitrogen and oxygen atoms in total. The van der Waals surface area contributed by atoms with Crippen molar-refractivity contribution in [3.8, 4) is 0 Å². The zero-order valence-electron chi connectivity index (χ0n) is 13.0. The maximum atomic E-state index is 3.71. The predicted octanol–water partition coefficient (Wildman–Crippen LogP) is 3.97. The van der Waals surface area contributed by atoms with Crippen LogP contribution in [0.5, 0.6) is 0 Å². The van der Waals surface area contributed by atoms with Crippen molar-refractivity contribution in [1.82, 2.24) is 10.2 Å². The molecule has 1 heterocycles. The lowest BCUT2D eigenvalue weighted by atomic mass is 9.96. The van der Waals surface area contributed by atoms with Gasteiger partial charge in [-0.3, -0.25) is 4.90 Å². The molecule has 0 aliphatic carbocycles. The molecule has 0 unspecified atom stereocenters. The highest BCUT2D eigenvalue weighted by Gasteiger charge is 2.19. The summed E-state index contributed by atoms with van der Waals surface area (Å²) < 4.78 is 1.24. The van der Waals surface area contributed by atoms with Crippen molar-refractivity contribution < 1.29 is 0 Å². The molecule has 0 saturated carbocycles. The van der Waals surface area contributed by atoms with Gasteiger partial charge in [0, 0.05) is 23.6 Å². The van der Waals surface area contributed by atoms with E-state index in [1.54, 1.807) is 0 Å². The smallest absolute Gasteiger partial charge is 0.0247 e. The van der Waals surface area contributed by atoms with E-state index in [0.717, 1.165) is 12.5 Å². The Kier molecular flexibility index (Phi) is 6.06. The van der Waals surface area contributed by atoms with Crippen LogP contribution in [-0.2, 0) is 6.54 Å². The van der Waals surface area contributed by atoms with Gasteiger partial charge in [-0.25, -0.2) is 0 Å². The summed E-state index contributed by atoms with van der Waals surface area (Å²) in [5, 5.41) is 3.46. The molecular weight excluding hydrogens is 312 g/mol. The van der Waals surface area contributed by atoms with E-state index in [2.05, 4.69) is 65.1 Å². The summed E-state index contributed by atoms with van der Waals surface area (Å²) in [6, 6.07) is 7.29. The van der Waals surface area contributed by atoms with E-state index in [-0.39, 0.29) is 0 Å². The van der Waals surface area contributed by atoms with E-state index >= 15 is 0 Å². The summed E-state index contributed by atoms with van der Waals surface area (Å²) >= 11 is 3.71. The van der Waals surface area contributed by atoms with Crippen molar-refractivity contribution in [3.05, 3.63) is 33.8 Å². The van der Waals surface area contributed by atoms with Gasteiger partial charge in [0.1, 0.15) is 0 Å². The fourth-order valence-corrected chi connectivity index (χ4v) is 3.47. The molecular formula is C17H27BrN2. The van der Waals surface area contributed by atoms with Crippen molar-refractivity contribution >= 4 is 15.9 Å². The standard InChI is InChI=1S/C17H27BrN2/c1-13(2)20(11-15-6-8-19-9-7-15)12-16-5-4-14(3)10-17(16)18/h4-5,10,13,15,19H,6-9,11-12H2,1-3H3. The first-order valence-electron chi connectivity index (χ1n) is 7.76. The van der Waals surface area contributed by atoms with Crippen molar-refractivity contribution in [2.75, 3.05) is 19.6 Å².